The molecule has 1 aromatic rings. The van der Waals surface area contributed by atoms with Crippen LogP contribution in [-0.4, -0.2) is 34.9 Å². The van der Waals surface area contributed by atoms with Gasteiger partial charge in [-0.05, 0) is 25.1 Å². The number of rotatable bonds is 5. The highest BCUT2D eigenvalue weighted by Crippen LogP contribution is 2.21. The van der Waals surface area contributed by atoms with Crippen LogP contribution in [0.2, 0.25) is 5.02 Å². The number of amidine groups is 1. The molecule has 0 aliphatic carbocycles. The van der Waals surface area contributed by atoms with Crippen molar-refractivity contribution in [1.82, 2.24) is 4.90 Å². The molecule has 0 aromatic heterocycles. The second-order valence-electron chi connectivity index (χ2n) is 4.43. The lowest BCUT2D eigenvalue weighted by molar-refractivity contribution is 0.0753. The number of nitrogens with zero attached hydrogens (tertiary/aromatic N) is 2. The van der Waals surface area contributed by atoms with Gasteiger partial charge in [0.15, 0.2) is 0 Å². The van der Waals surface area contributed by atoms with Crippen LogP contribution in [0.3, 0.4) is 0 Å². The maximum absolute atomic E-state index is 12.4. The molecular weight excluding hydrogens is 346 g/mol. The first-order valence-corrected chi connectivity index (χ1v) is 7.28. The molecule has 1 unspecified atom stereocenters. The predicted molar refractivity (Wildman–Crippen MR) is 83.3 cm³/mol. The molecule has 1 atom stereocenters. The summed E-state index contributed by atoms with van der Waals surface area (Å²) in [5, 5.41) is 12.1. The van der Waals surface area contributed by atoms with Crippen molar-refractivity contribution in [2.24, 2.45) is 16.8 Å². The van der Waals surface area contributed by atoms with Gasteiger partial charge < -0.3 is 15.8 Å². The second-order valence-corrected chi connectivity index (χ2v) is 5.78. The Balaban J connectivity index is 2.92. The van der Waals surface area contributed by atoms with E-state index in [0.29, 0.717) is 23.7 Å². The summed E-state index contributed by atoms with van der Waals surface area (Å²) in [4.78, 5) is 14.1. The van der Waals surface area contributed by atoms with Gasteiger partial charge >= 0.3 is 0 Å². The van der Waals surface area contributed by atoms with Gasteiger partial charge in [0.25, 0.3) is 5.91 Å². The molecule has 1 amide bonds. The first kappa shape index (κ1) is 16.8. The fourth-order valence-electron chi connectivity index (χ4n) is 1.74. The van der Waals surface area contributed by atoms with Crippen LogP contribution < -0.4 is 5.73 Å². The van der Waals surface area contributed by atoms with E-state index in [1.165, 1.54) is 0 Å². The van der Waals surface area contributed by atoms with Crippen molar-refractivity contribution in [2.45, 2.75) is 13.8 Å². The normalized spacial score (nSPS) is 13.1. The summed E-state index contributed by atoms with van der Waals surface area (Å²) in [6.07, 6.45) is 0. The van der Waals surface area contributed by atoms with Gasteiger partial charge in [0.2, 0.25) is 0 Å². The minimum absolute atomic E-state index is 0.100. The first-order valence-electron chi connectivity index (χ1n) is 6.11. The molecular formula is C13H17BrClN3O2. The van der Waals surface area contributed by atoms with E-state index < -0.39 is 0 Å². The van der Waals surface area contributed by atoms with E-state index in [1.54, 1.807) is 30.0 Å². The van der Waals surface area contributed by atoms with E-state index in [2.05, 4.69) is 21.1 Å². The zero-order chi connectivity index (χ0) is 15.3. The van der Waals surface area contributed by atoms with Gasteiger partial charge in [-0.2, -0.15) is 0 Å². The highest BCUT2D eigenvalue weighted by molar-refractivity contribution is 9.10. The lowest BCUT2D eigenvalue weighted by Crippen LogP contribution is -2.38. The average molecular weight is 363 g/mol. The molecule has 20 heavy (non-hydrogen) atoms. The van der Waals surface area contributed by atoms with Crippen molar-refractivity contribution in [3.8, 4) is 0 Å². The number of hydrogen-bond acceptors (Lipinski definition) is 3. The Morgan fingerprint density at radius 2 is 2.20 bits per heavy atom. The van der Waals surface area contributed by atoms with E-state index in [1.807, 2.05) is 6.92 Å². The fourth-order valence-corrected chi connectivity index (χ4v) is 2.60. The highest BCUT2D eigenvalue weighted by atomic mass is 79.9. The number of amides is 1. The maximum Gasteiger partial charge on any atom is 0.253 e. The molecule has 3 N–H and O–H groups in total. The lowest BCUT2D eigenvalue weighted by Gasteiger charge is -2.24. The second kappa shape index (κ2) is 7.50. The van der Waals surface area contributed by atoms with Crippen molar-refractivity contribution in [1.29, 1.82) is 0 Å². The van der Waals surface area contributed by atoms with Gasteiger partial charge in [-0.25, -0.2) is 0 Å². The summed E-state index contributed by atoms with van der Waals surface area (Å²) in [5.74, 6) is -0.275. The molecule has 0 aliphatic rings. The first-order chi connectivity index (χ1) is 9.38. The summed E-state index contributed by atoms with van der Waals surface area (Å²) in [6, 6.07) is 5.05. The van der Waals surface area contributed by atoms with Crippen molar-refractivity contribution < 1.29 is 10.0 Å². The fraction of sp³-hybridized carbons (Fsp3) is 0.385. The van der Waals surface area contributed by atoms with Crippen molar-refractivity contribution in [3.05, 3.63) is 33.3 Å². The molecule has 5 nitrogen and oxygen atoms in total. The average Bonchev–Trinajstić information content (AvgIpc) is 2.41. The van der Waals surface area contributed by atoms with Gasteiger partial charge in [-0.15, -0.1) is 0 Å². The van der Waals surface area contributed by atoms with Gasteiger partial charge in [0.05, 0.1) is 0 Å². The molecule has 0 saturated carbocycles. The summed E-state index contributed by atoms with van der Waals surface area (Å²) >= 11 is 9.26. The molecule has 7 heteroatoms. The van der Waals surface area contributed by atoms with Crippen molar-refractivity contribution in [3.63, 3.8) is 0 Å². The van der Waals surface area contributed by atoms with Crippen LogP contribution >= 0.6 is 27.5 Å². The molecule has 0 radical (unpaired) electrons. The quantitative estimate of drug-likeness (QED) is 0.366. The number of hydrogen-bond donors (Lipinski definition) is 2. The number of oxime groups is 1. The maximum atomic E-state index is 12.4. The van der Waals surface area contributed by atoms with Crippen LogP contribution in [0.4, 0.5) is 0 Å². The van der Waals surface area contributed by atoms with E-state index in [-0.39, 0.29) is 17.7 Å². The van der Waals surface area contributed by atoms with E-state index >= 15 is 0 Å². The van der Waals surface area contributed by atoms with Crippen LogP contribution in [0.1, 0.15) is 24.2 Å². The molecule has 0 spiro atoms. The minimum Gasteiger partial charge on any atom is -0.409 e. The lowest BCUT2D eigenvalue weighted by atomic mass is 10.1. The van der Waals surface area contributed by atoms with E-state index in [9.17, 15) is 4.79 Å². The number of carbonyl (C=O) groups is 1. The van der Waals surface area contributed by atoms with Crippen molar-refractivity contribution >= 4 is 39.3 Å². The smallest absolute Gasteiger partial charge is 0.253 e. The number of carbonyl (C=O) groups excluding carboxylic acids is 1. The van der Waals surface area contributed by atoms with Gasteiger partial charge in [-0.1, -0.05) is 39.6 Å². The third-order valence-electron chi connectivity index (χ3n) is 2.89. The Morgan fingerprint density at radius 1 is 1.55 bits per heavy atom. The van der Waals surface area contributed by atoms with Crippen LogP contribution in [0.25, 0.3) is 0 Å². The summed E-state index contributed by atoms with van der Waals surface area (Å²) in [7, 11) is 0. The van der Waals surface area contributed by atoms with Crippen LogP contribution in [0.5, 0.6) is 0 Å². The largest absolute Gasteiger partial charge is 0.409 e. The summed E-state index contributed by atoms with van der Waals surface area (Å²) in [6.45, 7) is 4.55. The Bertz CT molecular complexity index is 502. The third kappa shape index (κ3) is 4.38. The van der Waals surface area contributed by atoms with Crippen molar-refractivity contribution in [2.75, 3.05) is 13.1 Å². The SMILES string of the molecule is CCN(CC(C)/C(N)=N/O)C(=O)c1cc(Cl)cc(Br)c1. The van der Waals surface area contributed by atoms with Crippen LogP contribution in [-0.2, 0) is 0 Å². The van der Waals surface area contributed by atoms with E-state index in [0.717, 1.165) is 4.47 Å². The Morgan fingerprint density at radius 3 is 2.70 bits per heavy atom. The highest BCUT2D eigenvalue weighted by Gasteiger charge is 2.19. The van der Waals surface area contributed by atoms with Gasteiger partial charge in [0, 0.05) is 34.1 Å². The predicted octanol–water partition coefficient (Wildman–Crippen LogP) is 2.95. The molecule has 0 bridgehead atoms. The van der Waals surface area contributed by atoms with Gasteiger partial charge in [0.1, 0.15) is 5.84 Å². The number of nitrogens with two attached hydrogens (primary N) is 1. The topological polar surface area (TPSA) is 78.9 Å². The van der Waals surface area contributed by atoms with E-state index in [4.69, 9.17) is 22.5 Å². The summed E-state index contributed by atoms with van der Waals surface area (Å²) < 4.78 is 0.744. The van der Waals surface area contributed by atoms with Crippen LogP contribution in [0, 0.1) is 5.92 Å². The molecule has 0 aliphatic heterocycles. The zero-order valence-corrected chi connectivity index (χ0v) is 13.6. The molecule has 0 fully saturated rings. The third-order valence-corrected chi connectivity index (χ3v) is 3.57. The zero-order valence-electron chi connectivity index (χ0n) is 11.3. The molecule has 0 heterocycles. The Kier molecular flexibility index (Phi) is 6.29. The minimum atomic E-state index is -0.230. The monoisotopic (exact) mass is 361 g/mol. The number of benzene rings is 1. The molecule has 1 rings (SSSR count). The Labute approximate surface area is 131 Å². The molecule has 110 valence electrons. The molecule has 1 aromatic carbocycles. The van der Waals surface area contributed by atoms with Crippen LogP contribution in [0.15, 0.2) is 27.8 Å². The summed E-state index contributed by atoms with van der Waals surface area (Å²) in [5.41, 5.74) is 6.04. The van der Waals surface area contributed by atoms with Gasteiger partial charge in [-0.3, -0.25) is 4.79 Å². The molecule has 0 saturated heterocycles. The Hall–Kier alpha value is -1.27. The standard InChI is InChI=1S/C13H17BrClN3O2/c1-3-18(7-8(2)12(16)17-20)13(19)9-4-10(14)6-11(15)5-9/h4-6,8,20H,3,7H2,1-2H3,(H2,16,17). The number of halogens is 2.